The second kappa shape index (κ2) is 8.89. The fourth-order valence-corrected chi connectivity index (χ4v) is 3.01. The first-order chi connectivity index (χ1) is 14.6. The van der Waals surface area contributed by atoms with Gasteiger partial charge in [0.1, 0.15) is 23.8 Å². The summed E-state index contributed by atoms with van der Waals surface area (Å²) in [7, 11) is 0. The van der Waals surface area contributed by atoms with E-state index in [0.29, 0.717) is 17.8 Å². The molecule has 0 radical (unpaired) electrons. The standard InChI is InChI=1S/C19H22F3N7O2/c1-18(2)13(5-14(18)30)28-15-11(6-23)8-25-17(29-15)26-9-12-7-24-10-27-16(12)31-4-3-19(20,21)22/h7-8,10,13-14,30H,3-5,9H2,1-2H3,(H2,25,26,28,29)/t13-,14-/m0/s1. The number of anilines is 2. The highest BCUT2D eigenvalue weighted by atomic mass is 19.4. The van der Waals surface area contributed by atoms with Gasteiger partial charge in [-0.15, -0.1) is 0 Å². The summed E-state index contributed by atoms with van der Waals surface area (Å²) in [5.41, 5.74) is 0.312. The quantitative estimate of drug-likeness (QED) is 0.571. The van der Waals surface area contributed by atoms with Gasteiger partial charge in [-0.05, 0) is 6.42 Å². The van der Waals surface area contributed by atoms with Crippen molar-refractivity contribution in [1.82, 2.24) is 19.9 Å². The van der Waals surface area contributed by atoms with Gasteiger partial charge in [0.15, 0.2) is 0 Å². The molecule has 9 nitrogen and oxygen atoms in total. The van der Waals surface area contributed by atoms with Crippen molar-refractivity contribution in [2.24, 2.45) is 5.41 Å². The van der Waals surface area contributed by atoms with Gasteiger partial charge in [0.25, 0.3) is 0 Å². The number of hydrogen-bond acceptors (Lipinski definition) is 9. The summed E-state index contributed by atoms with van der Waals surface area (Å²) in [4.78, 5) is 16.2. The van der Waals surface area contributed by atoms with Crippen LogP contribution in [0.15, 0.2) is 18.7 Å². The number of aliphatic hydroxyl groups is 1. The molecule has 1 aliphatic carbocycles. The molecule has 12 heteroatoms. The van der Waals surface area contributed by atoms with E-state index >= 15 is 0 Å². The molecular weight excluding hydrogens is 415 g/mol. The highest BCUT2D eigenvalue weighted by molar-refractivity contribution is 5.54. The summed E-state index contributed by atoms with van der Waals surface area (Å²) in [6.45, 7) is 3.38. The molecule has 0 aliphatic heterocycles. The number of aromatic nitrogens is 4. The average molecular weight is 437 g/mol. The van der Waals surface area contributed by atoms with Gasteiger partial charge in [-0.3, -0.25) is 0 Å². The van der Waals surface area contributed by atoms with Crippen molar-refractivity contribution >= 4 is 11.8 Å². The maximum atomic E-state index is 12.3. The van der Waals surface area contributed by atoms with E-state index in [4.69, 9.17) is 4.74 Å². The van der Waals surface area contributed by atoms with E-state index in [0.717, 1.165) is 0 Å². The molecule has 2 atom stereocenters. The van der Waals surface area contributed by atoms with E-state index in [1.54, 1.807) is 0 Å². The predicted molar refractivity (Wildman–Crippen MR) is 104 cm³/mol. The Morgan fingerprint density at radius 1 is 1.32 bits per heavy atom. The third-order valence-corrected chi connectivity index (χ3v) is 5.24. The van der Waals surface area contributed by atoms with Crippen LogP contribution in [0.1, 0.15) is 37.8 Å². The number of aliphatic hydroxyl groups excluding tert-OH is 1. The fourth-order valence-electron chi connectivity index (χ4n) is 3.01. The number of nitrogens with one attached hydrogen (secondary N) is 2. The van der Waals surface area contributed by atoms with Gasteiger partial charge >= 0.3 is 6.18 Å². The van der Waals surface area contributed by atoms with Gasteiger partial charge < -0.3 is 20.5 Å². The molecule has 31 heavy (non-hydrogen) atoms. The Balaban J connectivity index is 1.67. The number of ether oxygens (including phenoxy) is 1. The predicted octanol–water partition coefficient (Wildman–Crippen LogP) is 2.65. The molecule has 1 fully saturated rings. The summed E-state index contributed by atoms with van der Waals surface area (Å²) in [6, 6.07) is 1.96. The molecule has 2 aromatic heterocycles. The van der Waals surface area contributed by atoms with Crippen molar-refractivity contribution in [1.29, 1.82) is 5.26 Å². The highest BCUT2D eigenvalue weighted by Gasteiger charge is 2.47. The van der Waals surface area contributed by atoms with Gasteiger partial charge in [-0.1, -0.05) is 13.8 Å². The van der Waals surface area contributed by atoms with Crippen LogP contribution < -0.4 is 15.4 Å². The molecule has 3 N–H and O–H groups in total. The second-order valence-electron chi connectivity index (χ2n) is 7.76. The van der Waals surface area contributed by atoms with Crippen molar-refractivity contribution in [3.05, 3.63) is 29.8 Å². The van der Waals surface area contributed by atoms with Crippen molar-refractivity contribution in [3.8, 4) is 11.9 Å². The molecule has 1 saturated carbocycles. The van der Waals surface area contributed by atoms with Crippen LogP contribution in [0.2, 0.25) is 0 Å². The lowest BCUT2D eigenvalue weighted by Gasteiger charge is -2.49. The molecule has 2 aromatic rings. The van der Waals surface area contributed by atoms with Crippen LogP contribution in [0.3, 0.4) is 0 Å². The number of rotatable bonds is 8. The molecule has 0 saturated heterocycles. The van der Waals surface area contributed by atoms with Gasteiger partial charge in [0.2, 0.25) is 11.8 Å². The molecule has 0 amide bonds. The highest BCUT2D eigenvalue weighted by Crippen LogP contribution is 2.42. The molecule has 1 aliphatic rings. The first-order valence-corrected chi connectivity index (χ1v) is 9.54. The Labute approximate surface area is 176 Å². The minimum Gasteiger partial charge on any atom is -0.477 e. The molecule has 166 valence electrons. The molecule has 2 heterocycles. The van der Waals surface area contributed by atoms with Crippen molar-refractivity contribution in [3.63, 3.8) is 0 Å². The molecule has 0 aromatic carbocycles. The van der Waals surface area contributed by atoms with Crippen molar-refractivity contribution in [2.75, 3.05) is 17.2 Å². The molecule has 0 bridgehead atoms. The lowest BCUT2D eigenvalue weighted by molar-refractivity contribution is -0.139. The number of nitriles is 1. The fraction of sp³-hybridized carbons (Fsp3) is 0.526. The van der Waals surface area contributed by atoms with E-state index in [1.165, 1.54) is 18.7 Å². The van der Waals surface area contributed by atoms with Crippen LogP contribution in [0, 0.1) is 16.7 Å². The topological polar surface area (TPSA) is 129 Å². The van der Waals surface area contributed by atoms with Crippen LogP contribution in [0.25, 0.3) is 0 Å². The smallest absolute Gasteiger partial charge is 0.392 e. The third kappa shape index (κ3) is 5.49. The zero-order chi connectivity index (χ0) is 22.6. The minimum atomic E-state index is -4.32. The largest absolute Gasteiger partial charge is 0.477 e. The van der Waals surface area contributed by atoms with Crippen molar-refractivity contribution < 1.29 is 23.0 Å². The summed E-state index contributed by atoms with van der Waals surface area (Å²) < 4.78 is 42.1. The van der Waals surface area contributed by atoms with E-state index in [-0.39, 0.29) is 35.4 Å². The first kappa shape index (κ1) is 22.5. The Bertz CT molecular complexity index is 962. The second-order valence-corrected chi connectivity index (χ2v) is 7.76. The maximum Gasteiger partial charge on any atom is 0.392 e. The van der Waals surface area contributed by atoms with Gasteiger partial charge in [-0.2, -0.15) is 23.4 Å². The monoisotopic (exact) mass is 437 g/mol. The lowest BCUT2D eigenvalue weighted by Crippen LogP contribution is -2.57. The number of halogens is 3. The Kier molecular flexibility index (Phi) is 6.45. The average Bonchev–Trinajstić information content (AvgIpc) is 2.72. The molecule has 0 unspecified atom stereocenters. The summed E-state index contributed by atoms with van der Waals surface area (Å²) in [5.74, 6) is 0.559. The van der Waals surface area contributed by atoms with E-state index < -0.39 is 25.3 Å². The van der Waals surface area contributed by atoms with Gasteiger partial charge in [-0.25, -0.2) is 15.0 Å². The van der Waals surface area contributed by atoms with Gasteiger partial charge in [0.05, 0.1) is 30.9 Å². The zero-order valence-electron chi connectivity index (χ0n) is 16.9. The SMILES string of the molecule is CC1(C)[C@@H](Nc2nc(NCc3cncnc3OCCC(F)(F)F)ncc2C#N)C[C@@H]1O. The van der Waals surface area contributed by atoms with E-state index in [2.05, 4.69) is 30.6 Å². The van der Waals surface area contributed by atoms with Crippen LogP contribution in [-0.2, 0) is 6.54 Å². The number of nitrogens with zero attached hydrogens (tertiary/aromatic N) is 5. The van der Waals surface area contributed by atoms with Crippen LogP contribution in [-0.4, -0.2) is 50.0 Å². The van der Waals surface area contributed by atoms with Crippen LogP contribution in [0.5, 0.6) is 5.88 Å². The zero-order valence-corrected chi connectivity index (χ0v) is 16.9. The Morgan fingerprint density at radius 2 is 2.10 bits per heavy atom. The number of alkyl halides is 3. The van der Waals surface area contributed by atoms with Gasteiger partial charge in [0, 0.05) is 24.2 Å². The minimum absolute atomic E-state index is 0.0314. The maximum absolute atomic E-state index is 12.3. The summed E-state index contributed by atoms with van der Waals surface area (Å²) in [5, 5.41) is 25.4. The van der Waals surface area contributed by atoms with E-state index in [9.17, 15) is 23.5 Å². The lowest BCUT2D eigenvalue weighted by atomic mass is 9.64. The summed E-state index contributed by atoms with van der Waals surface area (Å²) >= 11 is 0. The van der Waals surface area contributed by atoms with Crippen molar-refractivity contribution in [2.45, 2.75) is 51.6 Å². The summed E-state index contributed by atoms with van der Waals surface area (Å²) in [6.07, 6.45) is -1.36. The first-order valence-electron chi connectivity index (χ1n) is 9.54. The van der Waals surface area contributed by atoms with Crippen LogP contribution >= 0.6 is 0 Å². The molecule has 0 spiro atoms. The number of hydrogen-bond donors (Lipinski definition) is 3. The normalized spacial score (nSPS) is 19.8. The van der Waals surface area contributed by atoms with E-state index in [1.807, 2.05) is 19.9 Å². The van der Waals surface area contributed by atoms with Crippen LogP contribution in [0.4, 0.5) is 24.9 Å². The molecule has 3 rings (SSSR count). The Morgan fingerprint density at radius 3 is 2.74 bits per heavy atom. The Hall–Kier alpha value is -3.20. The molecular formula is C19H22F3N7O2. The third-order valence-electron chi connectivity index (χ3n) is 5.24.